The van der Waals surface area contributed by atoms with Crippen LogP contribution < -0.4 is 10.1 Å². The summed E-state index contributed by atoms with van der Waals surface area (Å²) in [6, 6.07) is 17.4. The molecule has 1 N–H and O–H groups in total. The third kappa shape index (κ3) is 6.48. The summed E-state index contributed by atoms with van der Waals surface area (Å²) in [5, 5.41) is 12.8. The van der Waals surface area contributed by atoms with Gasteiger partial charge < -0.3 is 10.1 Å². The fourth-order valence-corrected chi connectivity index (χ4v) is 4.95. The molecule has 2 aromatic rings. The van der Waals surface area contributed by atoms with Crippen molar-refractivity contribution >= 4 is 17.5 Å². The summed E-state index contributed by atoms with van der Waals surface area (Å²) in [4.78, 5) is 17.3. The van der Waals surface area contributed by atoms with Gasteiger partial charge in [0.2, 0.25) is 5.91 Å². The van der Waals surface area contributed by atoms with E-state index in [0.29, 0.717) is 18.7 Å². The van der Waals surface area contributed by atoms with Crippen LogP contribution in [0.2, 0.25) is 5.02 Å². The van der Waals surface area contributed by atoms with Crippen LogP contribution in [0.5, 0.6) is 5.75 Å². The maximum atomic E-state index is 12.7. The molecule has 7 heteroatoms. The predicted molar refractivity (Wildman–Crippen MR) is 129 cm³/mol. The molecule has 1 unspecified atom stereocenters. The van der Waals surface area contributed by atoms with Gasteiger partial charge >= 0.3 is 0 Å². The summed E-state index contributed by atoms with van der Waals surface area (Å²) in [6.07, 6.45) is 4.27. The number of benzene rings is 2. The Hall–Kier alpha value is -2.59. The van der Waals surface area contributed by atoms with Gasteiger partial charge in [-0.3, -0.25) is 14.6 Å². The number of halogens is 1. The van der Waals surface area contributed by atoms with Gasteiger partial charge in [0.05, 0.1) is 24.2 Å². The third-order valence-corrected chi connectivity index (χ3v) is 6.87. The Balaban J connectivity index is 1.24. The second-order valence-corrected chi connectivity index (χ2v) is 9.22. The van der Waals surface area contributed by atoms with Gasteiger partial charge in [-0.05, 0) is 74.7 Å². The Morgan fingerprint density at radius 3 is 2.45 bits per heavy atom. The van der Waals surface area contributed by atoms with E-state index in [-0.39, 0.29) is 18.1 Å². The lowest BCUT2D eigenvalue weighted by atomic mass is 10.1. The molecule has 0 aromatic heterocycles. The molecule has 2 heterocycles. The number of nitriles is 1. The van der Waals surface area contributed by atoms with Gasteiger partial charge in [-0.2, -0.15) is 5.26 Å². The first kappa shape index (κ1) is 23.6. The lowest BCUT2D eigenvalue weighted by Gasteiger charge is -2.32. The summed E-state index contributed by atoms with van der Waals surface area (Å²) in [5.74, 6) is 0.843. The van der Waals surface area contributed by atoms with E-state index < -0.39 is 0 Å². The van der Waals surface area contributed by atoms with Crippen LogP contribution in [-0.4, -0.2) is 61.1 Å². The Labute approximate surface area is 201 Å². The van der Waals surface area contributed by atoms with E-state index >= 15 is 0 Å². The minimum atomic E-state index is 0.0534. The zero-order chi connectivity index (χ0) is 23.0. The highest BCUT2D eigenvalue weighted by Gasteiger charge is 2.26. The number of amides is 1. The average molecular weight is 467 g/mol. The minimum Gasteiger partial charge on any atom is -0.490 e. The number of carbonyl (C=O) groups excluding carboxylic acids is 1. The van der Waals surface area contributed by atoms with Gasteiger partial charge in [-0.25, -0.2) is 0 Å². The fraction of sp³-hybridized carbons (Fsp3) is 0.462. The molecule has 2 aromatic carbocycles. The molecule has 0 saturated carbocycles. The van der Waals surface area contributed by atoms with Gasteiger partial charge in [0.15, 0.2) is 0 Å². The van der Waals surface area contributed by atoms with Crippen molar-refractivity contribution in [1.29, 1.82) is 5.26 Å². The van der Waals surface area contributed by atoms with Gasteiger partial charge in [0.1, 0.15) is 11.9 Å². The van der Waals surface area contributed by atoms with Crippen LogP contribution in [0, 0.1) is 11.3 Å². The molecule has 33 heavy (non-hydrogen) atoms. The monoisotopic (exact) mass is 466 g/mol. The highest BCUT2D eigenvalue weighted by Crippen LogP contribution is 2.29. The molecular formula is C26H31ClN4O2. The molecule has 2 aliphatic rings. The average Bonchev–Trinajstić information content (AvgIpc) is 3.37. The summed E-state index contributed by atoms with van der Waals surface area (Å²) in [7, 11) is 0. The van der Waals surface area contributed by atoms with Crippen molar-refractivity contribution in [2.45, 2.75) is 37.8 Å². The molecule has 1 amide bonds. The van der Waals surface area contributed by atoms with Crippen LogP contribution in [0.15, 0.2) is 48.5 Å². The Morgan fingerprint density at radius 2 is 1.79 bits per heavy atom. The topological polar surface area (TPSA) is 68.6 Å². The highest BCUT2D eigenvalue weighted by atomic mass is 35.5. The highest BCUT2D eigenvalue weighted by molar-refractivity contribution is 6.31. The normalized spacial score (nSPS) is 18.5. The first-order valence-corrected chi connectivity index (χ1v) is 12.1. The standard InChI is InChI=1S/C26H31ClN4O2/c27-24-6-2-1-5-23(24)25(31-13-3-4-14-31)18-29-26(32)19-30-15-11-22(12-16-30)33-21-9-7-20(17-28)8-10-21/h1-2,5-10,22,25H,3-4,11-16,18-19H2,(H,29,32). The number of piperidine rings is 1. The summed E-state index contributed by atoms with van der Waals surface area (Å²) < 4.78 is 6.05. The molecule has 2 fully saturated rings. The van der Waals surface area contributed by atoms with Crippen LogP contribution in [0.3, 0.4) is 0 Å². The molecule has 174 valence electrons. The number of rotatable bonds is 8. The molecule has 0 radical (unpaired) electrons. The maximum Gasteiger partial charge on any atom is 0.234 e. The fourth-order valence-electron chi connectivity index (χ4n) is 4.69. The van der Waals surface area contributed by atoms with E-state index in [1.54, 1.807) is 12.1 Å². The second kappa shape index (κ2) is 11.5. The Bertz CT molecular complexity index is 961. The summed E-state index contributed by atoms with van der Waals surface area (Å²) >= 11 is 6.48. The predicted octanol–water partition coefficient (Wildman–Crippen LogP) is 4.01. The lowest BCUT2D eigenvalue weighted by molar-refractivity contribution is -0.123. The number of hydrogen-bond donors (Lipinski definition) is 1. The smallest absolute Gasteiger partial charge is 0.234 e. The van der Waals surface area contributed by atoms with Crippen molar-refractivity contribution < 1.29 is 9.53 Å². The van der Waals surface area contributed by atoms with Crippen molar-refractivity contribution in [3.8, 4) is 11.8 Å². The molecule has 2 saturated heterocycles. The molecule has 1 atom stereocenters. The van der Waals surface area contributed by atoms with E-state index in [1.807, 2.05) is 30.3 Å². The van der Waals surface area contributed by atoms with E-state index in [0.717, 1.165) is 55.4 Å². The van der Waals surface area contributed by atoms with Crippen LogP contribution in [0.25, 0.3) is 0 Å². The van der Waals surface area contributed by atoms with Gasteiger partial charge in [0.25, 0.3) is 0 Å². The minimum absolute atomic E-state index is 0.0534. The van der Waals surface area contributed by atoms with Crippen molar-refractivity contribution in [3.63, 3.8) is 0 Å². The largest absolute Gasteiger partial charge is 0.490 e. The maximum absolute atomic E-state index is 12.7. The van der Waals surface area contributed by atoms with Gasteiger partial charge in [0, 0.05) is 24.7 Å². The van der Waals surface area contributed by atoms with Crippen molar-refractivity contribution in [2.24, 2.45) is 0 Å². The second-order valence-electron chi connectivity index (χ2n) is 8.81. The number of nitrogens with zero attached hydrogens (tertiary/aromatic N) is 3. The molecule has 0 bridgehead atoms. The van der Waals surface area contributed by atoms with E-state index in [2.05, 4.69) is 27.3 Å². The molecule has 0 spiro atoms. The Morgan fingerprint density at radius 1 is 1.09 bits per heavy atom. The number of carbonyl (C=O) groups is 1. The van der Waals surface area contributed by atoms with E-state index in [9.17, 15) is 4.79 Å². The van der Waals surface area contributed by atoms with Crippen LogP contribution in [0.1, 0.15) is 42.9 Å². The van der Waals surface area contributed by atoms with E-state index in [1.165, 1.54) is 12.8 Å². The van der Waals surface area contributed by atoms with E-state index in [4.69, 9.17) is 21.6 Å². The third-order valence-electron chi connectivity index (χ3n) is 6.53. The molecule has 6 nitrogen and oxygen atoms in total. The first-order chi connectivity index (χ1) is 16.1. The number of hydrogen-bond acceptors (Lipinski definition) is 5. The molecule has 4 rings (SSSR count). The lowest BCUT2D eigenvalue weighted by Crippen LogP contribution is -2.45. The first-order valence-electron chi connectivity index (χ1n) is 11.8. The van der Waals surface area contributed by atoms with Crippen LogP contribution in [-0.2, 0) is 4.79 Å². The SMILES string of the molecule is N#Cc1ccc(OC2CCN(CC(=O)NCC(c3ccccc3Cl)N3CCCC3)CC2)cc1. The van der Waals surface area contributed by atoms with Crippen LogP contribution >= 0.6 is 11.6 Å². The van der Waals surface area contributed by atoms with Crippen molar-refractivity contribution in [3.05, 3.63) is 64.7 Å². The zero-order valence-electron chi connectivity index (χ0n) is 18.9. The zero-order valence-corrected chi connectivity index (χ0v) is 19.6. The molecular weight excluding hydrogens is 436 g/mol. The molecule has 2 aliphatic heterocycles. The van der Waals surface area contributed by atoms with Gasteiger partial charge in [-0.1, -0.05) is 29.8 Å². The summed E-state index contributed by atoms with van der Waals surface area (Å²) in [6.45, 7) is 4.71. The number of nitrogens with one attached hydrogen (secondary N) is 1. The van der Waals surface area contributed by atoms with Crippen molar-refractivity contribution in [1.82, 2.24) is 15.1 Å². The molecule has 0 aliphatic carbocycles. The Kier molecular flexibility index (Phi) is 8.22. The van der Waals surface area contributed by atoms with Crippen molar-refractivity contribution in [2.75, 3.05) is 39.3 Å². The van der Waals surface area contributed by atoms with Crippen LogP contribution in [0.4, 0.5) is 0 Å². The van der Waals surface area contributed by atoms with Gasteiger partial charge in [-0.15, -0.1) is 0 Å². The quantitative estimate of drug-likeness (QED) is 0.636. The number of likely N-dealkylation sites (tertiary alicyclic amines) is 2. The summed E-state index contributed by atoms with van der Waals surface area (Å²) in [5.41, 5.74) is 1.71. The number of ether oxygens (including phenoxy) is 1.